The minimum atomic E-state index is -4.81. The first-order valence-corrected chi connectivity index (χ1v) is 48.5. The molecule has 0 aliphatic carbocycles. The van der Waals surface area contributed by atoms with Gasteiger partial charge < -0.3 is 122 Å². The van der Waals surface area contributed by atoms with Crippen molar-refractivity contribution in [1.82, 2.24) is 39.9 Å². The number of H-pyrrole nitrogens is 4. The van der Waals surface area contributed by atoms with Crippen molar-refractivity contribution in [3.8, 4) is 89.0 Å². The van der Waals surface area contributed by atoms with Crippen LogP contribution in [0.2, 0.25) is 0 Å². The van der Waals surface area contributed by atoms with Crippen molar-refractivity contribution in [2.45, 2.75) is 39.2 Å². The van der Waals surface area contributed by atoms with Gasteiger partial charge in [-0.2, -0.15) is 0 Å². The van der Waals surface area contributed by atoms with Gasteiger partial charge >= 0.3 is 148 Å². The molecule has 10 heterocycles. The number of nitrogens with one attached hydrogen (secondary N) is 4. The van der Waals surface area contributed by atoms with E-state index in [1.807, 2.05) is 0 Å². The minimum Gasteiger partial charge on any atom is -0.744 e. The molecule has 0 saturated carbocycles. The first kappa shape index (κ1) is 136. The van der Waals surface area contributed by atoms with Crippen molar-refractivity contribution in [2.24, 2.45) is 0 Å². The predicted octanol–water partition coefficient (Wildman–Crippen LogP) is -11.0. The first-order valence-electron chi connectivity index (χ1n) is 37.3. The van der Waals surface area contributed by atoms with Crippen molar-refractivity contribution < 1.29 is 317 Å². The maximum atomic E-state index is 11.9. The normalized spacial score (nSPS) is 11.5. The number of nitrogens with zero attached hydrogens (tertiary/aromatic N) is 4. The van der Waals surface area contributed by atoms with Gasteiger partial charge in [0, 0.05) is 88.6 Å². The third-order valence-corrected chi connectivity index (χ3v) is 27.8. The smallest absolute Gasteiger partial charge is 0.744 e. The molecule has 16 bridgehead atoms. The molecule has 145 heavy (non-hydrogen) atoms. The molecule has 0 radical (unpaired) electrons. The van der Waals surface area contributed by atoms with Gasteiger partial charge in [0.1, 0.15) is 80.9 Å². The van der Waals surface area contributed by atoms with E-state index in [-0.39, 0.29) is 214 Å². The van der Waals surface area contributed by atoms with Gasteiger partial charge in [-0.05, 0) is 239 Å². The monoisotopic (exact) mass is 2190 g/mol. The molecule has 8 aromatic carbocycles. The van der Waals surface area contributed by atoms with Gasteiger partial charge in [-0.1, -0.05) is 97.1 Å². The molecule has 44 nitrogen and oxygen atoms in total. The van der Waals surface area contributed by atoms with Crippen LogP contribution in [0.15, 0.2) is 282 Å². The van der Waals surface area contributed by atoms with E-state index >= 15 is 0 Å². The zero-order valence-electron chi connectivity index (χ0n) is 75.6. The zero-order chi connectivity index (χ0) is 90.7. The Morgan fingerprint density at radius 1 is 0.145 bits per heavy atom. The second-order valence-corrected chi connectivity index (χ2v) is 39.9. The summed E-state index contributed by atoms with van der Waals surface area (Å²) in [7, 11) is -38.5. The molecule has 6 aromatic heterocycles. The second kappa shape index (κ2) is 52.3. The molecule has 740 valence electrons. The number of fused-ring (bicyclic) bond motifs is 16. The summed E-state index contributed by atoms with van der Waals surface area (Å²) < 4.78 is 286. The standard InChI is InChI=1S/2C44H30N4O12S4.5Na.12H2O/c2*49-61(50,51)29-9-1-25(2-10-29)41-33-17-19-35(45-33)42(26-3-11-30(12-4-26)62(52,53)54)37-21-23-39(47-37)44(28-7-15-32(16-8-28)64(58,59)60)40-24-22-38(48-40)43(36-20-18-34(41)46-36)27-5-13-31(14-6-27)63(55,56)57;;;;;;;;;;;;;;;;;/h2*1-24,45,48H,(H,49,50,51)(H,52,53,54)(H,55,56,57)(H,58,59,60);;;;;;12*1H2/q;;5*+1;;;;;;;;;;;;/p-8. The number of aromatic amines is 4. The van der Waals surface area contributed by atoms with Crippen LogP contribution in [-0.2, 0) is 80.9 Å². The number of hydrogen-bond acceptors (Lipinski definition) is 28. The summed E-state index contributed by atoms with van der Waals surface area (Å²) in [6.07, 6.45) is 13.6. The summed E-state index contributed by atoms with van der Waals surface area (Å²) in [4.78, 5) is 30.0. The van der Waals surface area contributed by atoms with E-state index in [1.165, 1.54) is 194 Å². The van der Waals surface area contributed by atoms with Gasteiger partial charge in [0.05, 0.1) is 84.7 Å². The van der Waals surface area contributed by atoms with Gasteiger partial charge in [0.2, 0.25) is 0 Å². The average molecular weight is 2190 g/mol. The number of benzene rings is 8. The molecule has 0 amide bonds. The third-order valence-electron chi connectivity index (χ3n) is 21.0. The summed E-state index contributed by atoms with van der Waals surface area (Å²) in [6, 6.07) is 55.7. The Labute approximate surface area is 936 Å². The van der Waals surface area contributed by atoms with E-state index in [2.05, 4.69) is 19.9 Å². The van der Waals surface area contributed by atoms with Crippen LogP contribution in [0.4, 0.5) is 0 Å². The fourth-order valence-corrected chi connectivity index (χ4v) is 18.9. The van der Waals surface area contributed by atoms with Crippen molar-refractivity contribution >= 4 is 174 Å². The van der Waals surface area contributed by atoms with Crippen LogP contribution in [0.5, 0.6) is 0 Å². The Hall–Kier alpha value is -9.24. The third kappa shape index (κ3) is 28.9. The van der Waals surface area contributed by atoms with E-state index in [1.54, 1.807) is 97.1 Å². The fraction of sp³-hybridized carbons (Fsp3) is 0. The quantitative estimate of drug-likeness (QED) is 0.0515. The van der Waals surface area contributed by atoms with Crippen LogP contribution >= 0.6 is 0 Å². The van der Waals surface area contributed by atoms with E-state index in [0.717, 1.165) is 0 Å². The molecule has 14 aromatic rings. The molecular weight excluding hydrogens is 2120 g/mol. The summed E-state index contributed by atoms with van der Waals surface area (Å²) in [6.45, 7) is 0. The Bertz CT molecular complexity index is 7150. The van der Waals surface area contributed by atoms with Gasteiger partial charge in [-0.25, -0.2) is 87.3 Å². The van der Waals surface area contributed by atoms with Crippen molar-refractivity contribution in [3.05, 3.63) is 288 Å². The first-order chi connectivity index (χ1) is 60.4. The van der Waals surface area contributed by atoms with Gasteiger partial charge in [0.15, 0.2) is 0 Å². The largest absolute Gasteiger partial charge is 1.00 e. The van der Waals surface area contributed by atoms with Crippen LogP contribution in [0.25, 0.3) is 182 Å². The number of hydrogen-bond donors (Lipinski definition) is 4. The molecule has 28 N–H and O–H groups in total. The Morgan fingerprint density at radius 2 is 0.228 bits per heavy atom. The fourth-order valence-electron chi connectivity index (χ4n) is 15.1. The van der Waals surface area contributed by atoms with Crippen LogP contribution in [-0.4, -0.2) is 209 Å². The number of aromatic nitrogens is 8. The molecule has 0 saturated heterocycles. The van der Waals surface area contributed by atoms with Gasteiger partial charge in [-0.15, -0.1) is 0 Å². The maximum absolute atomic E-state index is 11.9. The summed E-state index contributed by atoms with van der Waals surface area (Å²) in [5.74, 6) is 0. The predicted molar refractivity (Wildman–Crippen MR) is 508 cm³/mol. The van der Waals surface area contributed by atoms with Crippen molar-refractivity contribution in [2.75, 3.05) is 0 Å². The summed E-state index contributed by atoms with van der Waals surface area (Å²) in [5.41, 5.74) is 13.5. The van der Waals surface area contributed by atoms with Crippen LogP contribution in [0.1, 0.15) is 45.6 Å². The Kier molecular flexibility index (Phi) is 48.9. The van der Waals surface area contributed by atoms with Crippen LogP contribution < -0.4 is 148 Å². The van der Waals surface area contributed by atoms with Crippen LogP contribution in [0.3, 0.4) is 0 Å². The molecule has 0 spiro atoms. The zero-order valence-corrected chi connectivity index (χ0v) is 92.1. The molecule has 0 fully saturated rings. The molecular formula is C88H76N8Na5O36S8-3. The molecule has 4 aliphatic heterocycles. The van der Waals surface area contributed by atoms with E-state index in [4.69, 9.17) is 19.9 Å². The maximum Gasteiger partial charge on any atom is 1.00 e. The Morgan fingerprint density at radius 3 is 0.303 bits per heavy atom. The molecule has 18 rings (SSSR count). The summed E-state index contributed by atoms with van der Waals surface area (Å²) in [5, 5.41) is 0. The van der Waals surface area contributed by atoms with E-state index < -0.39 is 120 Å². The van der Waals surface area contributed by atoms with Crippen molar-refractivity contribution in [3.63, 3.8) is 0 Å². The summed E-state index contributed by atoms with van der Waals surface area (Å²) >= 11 is 0. The minimum absolute atomic E-state index is 0. The van der Waals surface area contributed by atoms with Crippen LogP contribution in [0, 0.1) is 0 Å². The van der Waals surface area contributed by atoms with Crippen molar-refractivity contribution in [1.29, 1.82) is 0 Å². The number of rotatable bonds is 16. The van der Waals surface area contributed by atoms with Gasteiger partial charge in [-0.3, -0.25) is 0 Å². The Balaban J connectivity index is 0.00000256. The molecule has 0 atom stereocenters. The topological polar surface area (TPSA) is 950 Å². The average Bonchev–Trinajstić information content (AvgIpc) is 1.61. The van der Waals surface area contributed by atoms with E-state index in [9.17, 15) is 104 Å². The molecule has 57 heteroatoms. The van der Waals surface area contributed by atoms with E-state index in [0.29, 0.717) is 179 Å². The SMILES string of the molecule is O.O.O.O.O.O.O.O.O.O.O.O.O=S(=O)([O-])c1ccc(-c2c3nc(c(-c4ccc(S(=O)(=O)[O-])cc4)c4ccc([nH]4)c(-c4ccc(S(=O)(=O)[O-])cc4)c4nc(c(-c5ccc(S(=O)(=O)[O-])cc5)c5ccc2[nH]5)C=C4)C=C3)cc1.O=S(=O)([O-])c1ccc(-c2c3nc(c(-c4ccc(S(=O)(=O)[O-])cc4)c4ccc([nH]4)c(-c4ccc(S(=O)(=O)[O-])cc4)c4nc(c(-c5ccc(S(=O)(=O)[O-])cc5)c5ccc2[nH]5)C=C4)C=C3)cc1.[Na+].[Na+].[Na+].[Na+].[Na+]. The molecule has 0 unspecified atom stereocenters. The second-order valence-electron chi connectivity index (χ2n) is 28.8. The molecule has 4 aliphatic rings. The van der Waals surface area contributed by atoms with Gasteiger partial charge in [0.25, 0.3) is 0 Å².